The number of nitrogens with zero attached hydrogens (tertiary/aromatic N) is 2. The van der Waals surface area contributed by atoms with Crippen molar-refractivity contribution in [2.75, 3.05) is 20.2 Å². The minimum atomic E-state index is -0.739. The Hall–Kier alpha value is -2.06. The van der Waals surface area contributed by atoms with Gasteiger partial charge in [-0.3, -0.25) is 9.69 Å². The molecule has 0 radical (unpaired) electrons. The normalized spacial score (nSPS) is 22.4. The number of hydrogen-bond acceptors (Lipinski definition) is 4. The van der Waals surface area contributed by atoms with Crippen LogP contribution in [-0.2, 0) is 11.3 Å². The lowest BCUT2D eigenvalue weighted by atomic mass is 9.90. The highest BCUT2D eigenvalue weighted by molar-refractivity contribution is 5.74. The molecule has 0 aliphatic carbocycles. The first-order valence-electron chi connectivity index (χ1n) is 6.51. The van der Waals surface area contributed by atoms with Gasteiger partial charge in [0.1, 0.15) is 11.8 Å². The summed E-state index contributed by atoms with van der Waals surface area (Å²) >= 11 is 0. The summed E-state index contributed by atoms with van der Waals surface area (Å²) in [6, 6.07) is 7.54. The Kier molecular flexibility index (Phi) is 3.96. The average Bonchev–Trinajstić information content (AvgIpc) is 2.81. The number of benzene rings is 1. The van der Waals surface area contributed by atoms with Crippen LogP contribution >= 0.6 is 0 Å². The molecule has 5 heteroatoms. The smallest absolute Gasteiger partial charge is 0.310 e. The Labute approximate surface area is 118 Å². The average molecular weight is 274 g/mol. The Morgan fingerprint density at radius 2 is 2.35 bits per heavy atom. The molecule has 1 unspecified atom stereocenters. The van der Waals surface area contributed by atoms with Crippen molar-refractivity contribution in [3.63, 3.8) is 0 Å². The molecule has 106 valence electrons. The third kappa shape index (κ3) is 2.75. The van der Waals surface area contributed by atoms with Crippen molar-refractivity contribution in [3.8, 4) is 11.8 Å². The lowest BCUT2D eigenvalue weighted by molar-refractivity contribution is -0.147. The van der Waals surface area contributed by atoms with E-state index in [4.69, 9.17) is 10.00 Å². The number of nitriles is 1. The van der Waals surface area contributed by atoms with Gasteiger partial charge >= 0.3 is 5.97 Å². The third-order valence-corrected chi connectivity index (χ3v) is 3.86. The Bertz CT molecular complexity index is 565. The number of carboxylic acid groups (broad SMARTS) is 1. The van der Waals surface area contributed by atoms with Crippen LogP contribution in [0, 0.1) is 16.7 Å². The van der Waals surface area contributed by atoms with E-state index in [-0.39, 0.29) is 0 Å². The van der Waals surface area contributed by atoms with Crippen LogP contribution < -0.4 is 4.74 Å². The molecule has 1 saturated heterocycles. The fraction of sp³-hybridized carbons (Fsp3) is 0.467. The summed E-state index contributed by atoms with van der Waals surface area (Å²) in [6.07, 6.45) is 0.662. The van der Waals surface area contributed by atoms with Gasteiger partial charge in [0.2, 0.25) is 0 Å². The second-order valence-electron chi connectivity index (χ2n) is 5.47. The zero-order valence-electron chi connectivity index (χ0n) is 11.7. The first kappa shape index (κ1) is 14.4. The van der Waals surface area contributed by atoms with Crippen molar-refractivity contribution < 1.29 is 14.6 Å². The summed E-state index contributed by atoms with van der Waals surface area (Å²) in [7, 11) is 1.54. The van der Waals surface area contributed by atoms with E-state index in [1.807, 2.05) is 12.1 Å². The van der Waals surface area contributed by atoms with E-state index in [0.29, 0.717) is 30.8 Å². The number of aliphatic carboxylic acids is 1. The van der Waals surface area contributed by atoms with E-state index >= 15 is 0 Å². The molecule has 5 nitrogen and oxygen atoms in total. The summed E-state index contributed by atoms with van der Waals surface area (Å²) in [6.45, 7) is 3.77. The quantitative estimate of drug-likeness (QED) is 0.907. The van der Waals surface area contributed by atoms with Crippen LogP contribution in [-0.4, -0.2) is 36.2 Å². The summed E-state index contributed by atoms with van der Waals surface area (Å²) in [5.41, 5.74) is 0.875. The van der Waals surface area contributed by atoms with Crippen LogP contribution in [0.1, 0.15) is 24.5 Å². The molecule has 1 fully saturated rings. The van der Waals surface area contributed by atoms with Gasteiger partial charge in [-0.15, -0.1) is 0 Å². The van der Waals surface area contributed by atoms with E-state index in [1.54, 1.807) is 13.0 Å². The Morgan fingerprint density at radius 1 is 1.60 bits per heavy atom. The van der Waals surface area contributed by atoms with Gasteiger partial charge in [0.15, 0.2) is 0 Å². The summed E-state index contributed by atoms with van der Waals surface area (Å²) in [4.78, 5) is 13.3. The molecule has 1 N–H and O–H groups in total. The first-order chi connectivity index (χ1) is 9.48. The highest BCUT2D eigenvalue weighted by Crippen LogP contribution is 2.31. The van der Waals surface area contributed by atoms with Gasteiger partial charge in [-0.2, -0.15) is 5.26 Å². The van der Waals surface area contributed by atoms with E-state index in [2.05, 4.69) is 11.0 Å². The molecule has 1 atom stereocenters. The zero-order chi connectivity index (χ0) is 14.8. The molecule has 1 aliphatic rings. The van der Waals surface area contributed by atoms with Crippen molar-refractivity contribution in [1.82, 2.24) is 4.90 Å². The van der Waals surface area contributed by atoms with Crippen LogP contribution in [0.15, 0.2) is 18.2 Å². The zero-order valence-corrected chi connectivity index (χ0v) is 11.7. The molecule has 2 rings (SSSR count). The van der Waals surface area contributed by atoms with Crippen LogP contribution in [0.3, 0.4) is 0 Å². The second-order valence-corrected chi connectivity index (χ2v) is 5.47. The summed E-state index contributed by atoms with van der Waals surface area (Å²) in [5, 5.41) is 18.2. The maximum absolute atomic E-state index is 11.2. The molecule has 1 aromatic rings. The predicted molar refractivity (Wildman–Crippen MR) is 73.3 cm³/mol. The first-order valence-corrected chi connectivity index (χ1v) is 6.51. The molecule has 0 bridgehead atoms. The maximum Gasteiger partial charge on any atom is 0.310 e. The number of carboxylic acids is 1. The molecule has 1 aliphatic heterocycles. The van der Waals surface area contributed by atoms with Crippen molar-refractivity contribution in [3.05, 3.63) is 29.3 Å². The Balaban J connectivity index is 2.09. The van der Waals surface area contributed by atoms with Gasteiger partial charge in [-0.05, 0) is 37.6 Å². The fourth-order valence-electron chi connectivity index (χ4n) is 2.55. The van der Waals surface area contributed by atoms with Gasteiger partial charge < -0.3 is 9.84 Å². The molecule has 1 heterocycles. The molecule has 0 saturated carbocycles. The van der Waals surface area contributed by atoms with Crippen LogP contribution in [0.5, 0.6) is 5.75 Å². The number of ether oxygens (including phenoxy) is 1. The van der Waals surface area contributed by atoms with Gasteiger partial charge in [0, 0.05) is 13.1 Å². The number of carbonyl (C=O) groups is 1. The molecular weight excluding hydrogens is 256 g/mol. The molecule has 0 amide bonds. The highest BCUT2D eigenvalue weighted by Gasteiger charge is 2.40. The number of methoxy groups -OCH3 is 1. The summed E-state index contributed by atoms with van der Waals surface area (Å²) in [5.74, 6) is -0.178. The van der Waals surface area contributed by atoms with E-state index in [0.717, 1.165) is 12.1 Å². The molecule has 0 spiro atoms. The standard InChI is InChI=1S/C15H18N2O3/c1-15(14(18)19)5-6-17(10-15)9-11-3-4-12(8-16)13(7-11)20-2/h3-4,7H,5-6,9-10H2,1-2H3,(H,18,19). The van der Waals surface area contributed by atoms with Crippen molar-refractivity contribution >= 4 is 5.97 Å². The van der Waals surface area contributed by atoms with Crippen molar-refractivity contribution in [2.24, 2.45) is 5.41 Å². The van der Waals surface area contributed by atoms with Crippen LogP contribution in [0.25, 0.3) is 0 Å². The number of likely N-dealkylation sites (tertiary alicyclic amines) is 1. The largest absolute Gasteiger partial charge is 0.495 e. The highest BCUT2D eigenvalue weighted by atomic mass is 16.5. The summed E-state index contributed by atoms with van der Waals surface area (Å²) < 4.78 is 5.19. The number of rotatable bonds is 4. The van der Waals surface area contributed by atoms with Crippen LogP contribution in [0.4, 0.5) is 0 Å². The topological polar surface area (TPSA) is 73.6 Å². The predicted octanol–water partition coefficient (Wildman–Crippen LogP) is 1.86. The van der Waals surface area contributed by atoms with Crippen molar-refractivity contribution in [2.45, 2.75) is 19.9 Å². The number of hydrogen-bond donors (Lipinski definition) is 1. The second kappa shape index (κ2) is 5.51. The van der Waals surface area contributed by atoms with E-state index in [9.17, 15) is 9.90 Å². The maximum atomic E-state index is 11.2. The monoisotopic (exact) mass is 274 g/mol. The van der Waals surface area contributed by atoms with Gasteiger partial charge in [-0.1, -0.05) is 6.07 Å². The fourth-order valence-corrected chi connectivity index (χ4v) is 2.55. The lowest BCUT2D eigenvalue weighted by Crippen LogP contribution is -2.31. The van der Waals surface area contributed by atoms with Gasteiger partial charge in [-0.25, -0.2) is 0 Å². The Morgan fingerprint density at radius 3 is 2.90 bits per heavy atom. The molecular formula is C15H18N2O3. The molecule has 0 aromatic heterocycles. The van der Waals surface area contributed by atoms with E-state index < -0.39 is 11.4 Å². The third-order valence-electron chi connectivity index (χ3n) is 3.86. The minimum Gasteiger partial charge on any atom is -0.495 e. The van der Waals surface area contributed by atoms with Gasteiger partial charge in [0.25, 0.3) is 0 Å². The SMILES string of the molecule is COc1cc(CN2CCC(C)(C(=O)O)C2)ccc1C#N. The van der Waals surface area contributed by atoms with Gasteiger partial charge in [0.05, 0.1) is 18.1 Å². The molecule has 20 heavy (non-hydrogen) atoms. The van der Waals surface area contributed by atoms with E-state index in [1.165, 1.54) is 7.11 Å². The van der Waals surface area contributed by atoms with Crippen molar-refractivity contribution in [1.29, 1.82) is 5.26 Å². The minimum absolute atomic E-state index is 0.507. The van der Waals surface area contributed by atoms with Crippen LogP contribution in [0.2, 0.25) is 0 Å². The lowest BCUT2D eigenvalue weighted by Gasteiger charge is -2.20. The molecule has 1 aromatic carbocycles.